The van der Waals surface area contributed by atoms with Gasteiger partial charge in [-0.1, -0.05) is 246 Å². The number of rotatable bonds is 54. The zero-order valence-corrected chi connectivity index (χ0v) is 48.7. The van der Waals surface area contributed by atoms with E-state index in [0.717, 1.165) is 116 Å². The van der Waals surface area contributed by atoms with Crippen molar-refractivity contribution in [3.05, 3.63) is 0 Å². The van der Waals surface area contributed by atoms with Crippen LogP contribution in [0.25, 0.3) is 0 Å². The summed E-state index contributed by atoms with van der Waals surface area (Å²) in [6.45, 7) is 8.94. The maximum atomic E-state index is 12.4. The van der Waals surface area contributed by atoms with Crippen molar-refractivity contribution in [3.8, 4) is 0 Å². The molecule has 69 heavy (non-hydrogen) atoms. The van der Waals surface area contributed by atoms with Crippen molar-refractivity contribution in [1.82, 2.24) is 0 Å². The molecule has 0 aliphatic rings. The first-order valence-electron chi connectivity index (χ1n) is 30.0. The van der Waals surface area contributed by atoms with Gasteiger partial charge >= 0.3 is 49.7 Å². The van der Waals surface area contributed by atoms with Gasteiger partial charge in [0.1, 0.15) is 12.2 Å². The zero-order chi connectivity index (χ0) is 50.2. The standard InChI is InChI=1S/2C30H58O4.Ca/c2*1-3-5-7-8-9-11-16-19-23-27-30(33)34-28(24-20-6-4-2)25-21-17-14-12-10-13-15-18-22-26-29(31)32;/h2*28H,3-27H2,1-2H3,(H,31,32);/q;;+2/p-2. The predicted octanol–water partition coefficient (Wildman–Crippen LogP) is 16.5. The van der Waals surface area contributed by atoms with Crippen LogP contribution in [0.1, 0.15) is 349 Å². The van der Waals surface area contributed by atoms with Gasteiger partial charge in [-0.2, -0.15) is 0 Å². The van der Waals surface area contributed by atoms with Crippen molar-refractivity contribution in [2.24, 2.45) is 0 Å². The van der Waals surface area contributed by atoms with Crippen molar-refractivity contribution in [1.29, 1.82) is 0 Å². The van der Waals surface area contributed by atoms with Crippen LogP contribution in [-0.4, -0.2) is 73.8 Å². The Morgan fingerprint density at radius 1 is 0.275 bits per heavy atom. The van der Waals surface area contributed by atoms with Gasteiger partial charge < -0.3 is 29.3 Å². The van der Waals surface area contributed by atoms with E-state index in [0.29, 0.717) is 12.8 Å². The molecule has 2 atom stereocenters. The van der Waals surface area contributed by atoms with E-state index in [1.807, 2.05) is 0 Å². The predicted molar refractivity (Wildman–Crippen MR) is 289 cm³/mol. The number of carbonyl (C=O) groups excluding carboxylic acids is 4. The fourth-order valence-corrected chi connectivity index (χ4v) is 9.18. The summed E-state index contributed by atoms with van der Waals surface area (Å²) in [5, 5.41) is 20.8. The summed E-state index contributed by atoms with van der Waals surface area (Å²) in [5.74, 6) is -1.82. The molecule has 0 radical (unpaired) electrons. The van der Waals surface area contributed by atoms with Gasteiger partial charge in [0.15, 0.2) is 0 Å². The minimum absolute atomic E-state index is 0. The summed E-state index contributed by atoms with van der Waals surface area (Å²) < 4.78 is 11.8. The summed E-state index contributed by atoms with van der Waals surface area (Å²) in [7, 11) is 0. The Bertz CT molecular complexity index is 988. The van der Waals surface area contributed by atoms with Crippen LogP contribution in [0.5, 0.6) is 0 Å². The van der Waals surface area contributed by atoms with E-state index in [1.54, 1.807) is 0 Å². The van der Waals surface area contributed by atoms with Gasteiger partial charge in [0, 0.05) is 24.8 Å². The molecule has 9 heteroatoms. The quantitative estimate of drug-likeness (QED) is 0.0334. The van der Waals surface area contributed by atoms with Crippen molar-refractivity contribution in [2.75, 3.05) is 0 Å². The summed E-state index contributed by atoms with van der Waals surface area (Å²) in [6, 6.07) is 0. The van der Waals surface area contributed by atoms with Gasteiger partial charge in [-0.3, -0.25) is 9.59 Å². The zero-order valence-electron chi connectivity index (χ0n) is 46.5. The maximum absolute atomic E-state index is 12.4. The van der Waals surface area contributed by atoms with Crippen LogP contribution in [0.4, 0.5) is 0 Å². The molecule has 0 aromatic heterocycles. The van der Waals surface area contributed by atoms with E-state index in [4.69, 9.17) is 9.47 Å². The largest absolute Gasteiger partial charge is 2.00 e. The van der Waals surface area contributed by atoms with Crippen LogP contribution in [-0.2, 0) is 28.7 Å². The Balaban J connectivity index is -0.00000124. The first-order chi connectivity index (χ1) is 33.2. The Hall–Kier alpha value is -0.860. The molecule has 0 saturated heterocycles. The molecule has 0 saturated carbocycles. The summed E-state index contributed by atoms with van der Waals surface area (Å²) >= 11 is 0. The van der Waals surface area contributed by atoms with Crippen molar-refractivity contribution in [3.63, 3.8) is 0 Å². The normalized spacial score (nSPS) is 11.9. The van der Waals surface area contributed by atoms with Crippen molar-refractivity contribution in [2.45, 2.75) is 361 Å². The SMILES string of the molecule is CCCCCCCCCCCC(=O)OC(CCCCC)CCCCCCCCCCCC(=O)[O-].CCCCCCCCCCCC(=O)OC(CCCCC)CCCCCCCCCCCC(=O)[O-].[Ca+2]. The number of ether oxygens (including phenoxy) is 2. The molecule has 0 aliphatic heterocycles. The summed E-state index contributed by atoms with van der Waals surface area (Å²) in [4.78, 5) is 45.5. The first kappa shape index (κ1) is 72.4. The number of hydrogen-bond acceptors (Lipinski definition) is 8. The number of esters is 2. The Labute approximate surface area is 458 Å². The van der Waals surface area contributed by atoms with Crippen LogP contribution < -0.4 is 10.2 Å². The van der Waals surface area contributed by atoms with Gasteiger partial charge in [0.2, 0.25) is 0 Å². The molecule has 0 aliphatic carbocycles. The number of aliphatic carboxylic acids is 2. The van der Waals surface area contributed by atoms with Gasteiger partial charge in [-0.15, -0.1) is 0 Å². The van der Waals surface area contributed by atoms with Gasteiger partial charge in [-0.05, 0) is 89.9 Å². The number of carboxylic acid groups (broad SMARTS) is 2. The minimum Gasteiger partial charge on any atom is -0.550 e. The Kier molecular flexibility index (Phi) is 64.5. The van der Waals surface area contributed by atoms with Crippen molar-refractivity contribution < 1.29 is 38.9 Å². The van der Waals surface area contributed by atoms with E-state index in [-0.39, 0.29) is 74.7 Å². The van der Waals surface area contributed by atoms with Crippen LogP contribution >= 0.6 is 0 Å². The third kappa shape index (κ3) is 63.2. The van der Waals surface area contributed by atoms with E-state index >= 15 is 0 Å². The van der Waals surface area contributed by atoms with Crippen LogP contribution in [0.3, 0.4) is 0 Å². The summed E-state index contributed by atoms with van der Waals surface area (Å²) in [6.07, 6.45) is 56.2. The molecule has 0 amide bonds. The topological polar surface area (TPSA) is 133 Å². The molecule has 0 N–H and O–H groups in total. The Morgan fingerprint density at radius 3 is 0.681 bits per heavy atom. The molecule has 0 rings (SSSR count). The Morgan fingerprint density at radius 2 is 0.449 bits per heavy atom. The number of unbranched alkanes of at least 4 members (excludes halogenated alkanes) is 36. The number of hydrogen-bond donors (Lipinski definition) is 0. The second kappa shape index (κ2) is 61.4. The molecule has 8 nitrogen and oxygen atoms in total. The van der Waals surface area contributed by atoms with Gasteiger partial charge in [0.25, 0.3) is 0 Å². The molecular formula is C60H114CaO8. The van der Waals surface area contributed by atoms with Crippen molar-refractivity contribution >= 4 is 61.6 Å². The second-order valence-corrected chi connectivity index (χ2v) is 20.6. The molecule has 0 heterocycles. The third-order valence-electron chi connectivity index (χ3n) is 13.6. The molecule has 0 bridgehead atoms. The fourth-order valence-electron chi connectivity index (χ4n) is 9.18. The maximum Gasteiger partial charge on any atom is 2.00 e. The monoisotopic (exact) mass is 1000 g/mol. The number of carbonyl (C=O) groups is 4. The average Bonchev–Trinajstić information content (AvgIpc) is 3.31. The molecule has 0 aromatic rings. The molecular weight excluding hydrogens is 889 g/mol. The summed E-state index contributed by atoms with van der Waals surface area (Å²) in [5.41, 5.74) is 0. The van der Waals surface area contributed by atoms with Gasteiger partial charge in [-0.25, -0.2) is 0 Å². The van der Waals surface area contributed by atoms with Gasteiger partial charge in [0.05, 0.1) is 0 Å². The van der Waals surface area contributed by atoms with E-state index in [2.05, 4.69) is 27.7 Å². The molecule has 0 fully saturated rings. The molecule has 0 aromatic carbocycles. The molecule has 0 spiro atoms. The molecule has 404 valence electrons. The molecule has 2 unspecified atom stereocenters. The smallest absolute Gasteiger partial charge is 0.550 e. The fraction of sp³-hybridized carbons (Fsp3) is 0.933. The van der Waals surface area contributed by atoms with Crippen LogP contribution in [0.2, 0.25) is 0 Å². The van der Waals surface area contributed by atoms with Crippen LogP contribution in [0, 0.1) is 0 Å². The second-order valence-electron chi connectivity index (χ2n) is 20.6. The number of carboxylic acids is 2. The average molecular weight is 1000 g/mol. The third-order valence-corrected chi connectivity index (χ3v) is 13.6. The minimum atomic E-state index is -0.929. The van der Waals surface area contributed by atoms with E-state index < -0.39 is 11.9 Å². The van der Waals surface area contributed by atoms with Crippen LogP contribution in [0.15, 0.2) is 0 Å². The first-order valence-corrected chi connectivity index (χ1v) is 30.0. The van der Waals surface area contributed by atoms with E-state index in [1.165, 1.54) is 180 Å². The van der Waals surface area contributed by atoms with E-state index in [9.17, 15) is 29.4 Å².